The fraction of sp³-hybridized carbons (Fsp3) is 0.412. The Morgan fingerprint density at radius 2 is 1.83 bits per heavy atom. The van der Waals surface area contributed by atoms with Gasteiger partial charge in [0.15, 0.2) is 10.8 Å². The first kappa shape index (κ1) is 13.9. The van der Waals surface area contributed by atoms with Gasteiger partial charge in [-0.15, -0.1) is 0 Å². The molecule has 1 N–H and O–H groups in total. The average Bonchev–Trinajstić information content (AvgIpc) is 2.72. The Bertz CT molecular complexity index is 836. The molecule has 6 heteroatoms. The predicted octanol–water partition coefficient (Wildman–Crippen LogP) is 2.34. The summed E-state index contributed by atoms with van der Waals surface area (Å²) in [7, 11) is 0. The number of rotatable bonds is 1. The summed E-state index contributed by atoms with van der Waals surface area (Å²) in [5.74, 6) is -1.74. The van der Waals surface area contributed by atoms with Crippen LogP contribution in [0.25, 0.3) is 0 Å². The first-order chi connectivity index (χ1) is 11.0. The van der Waals surface area contributed by atoms with E-state index in [1.54, 1.807) is 13.8 Å². The van der Waals surface area contributed by atoms with Crippen LogP contribution in [-0.4, -0.2) is 23.6 Å². The summed E-state index contributed by atoms with van der Waals surface area (Å²) in [6, 6.07) is 13.8. The molecule has 3 fully saturated rings. The number of amidine groups is 1. The van der Waals surface area contributed by atoms with Crippen LogP contribution >= 0.6 is 0 Å². The molecular formula is C17H14N4O2. The lowest BCUT2D eigenvalue weighted by Gasteiger charge is -2.60. The summed E-state index contributed by atoms with van der Waals surface area (Å²) in [6.07, 6.45) is -0.590. The molecule has 0 amide bonds. The standard InChI is InChI=1S/C17H14N4O2/c1-10-16(8-18)14-21-13(20)17(16,9-19)12(15(2,22-10)23-14)11-6-4-3-5-7-11/h3-7,10,12,20H,1-2H3/t10-,12+,15-,16+,17-/m0/s1. The van der Waals surface area contributed by atoms with E-state index in [1.807, 2.05) is 30.3 Å². The largest absolute Gasteiger partial charge is 0.447 e. The molecule has 0 unspecified atom stereocenters. The summed E-state index contributed by atoms with van der Waals surface area (Å²) < 4.78 is 11.9. The van der Waals surface area contributed by atoms with E-state index in [0.29, 0.717) is 0 Å². The van der Waals surface area contributed by atoms with Crippen molar-refractivity contribution < 1.29 is 9.47 Å². The van der Waals surface area contributed by atoms with E-state index >= 15 is 0 Å². The third kappa shape index (κ3) is 1.24. The molecule has 4 bridgehead atoms. The molecule has 6 nitrogen and oxygen atoms in total. The van der Waals surface area contributed by atoms with Crippen LogP contribution in [0.4, 0.5) is 0 Å². The summed E-state index contributed by atoms with van der Waals surface area (Å²) >= 11 is 0. The number of fused-ring (bicyclic) bond motifs is 1. The normalized spacial score (nSPS) is 43.3. The highest BCUT2D eigenvalue weighted by molar-refractivity contribution is 6.13. The molecule has 114 valence electrons. The van der Waals surface area contributed by atoms with Gasteiger partial charge in [-0.3, -0.25) is 5.41 Å². The highest BCUT2D eigenvalue weighted by atomic mass is 16.7. The van der Waals surface area contributed by atoms with Crippen LogP contribution in [0, 0.1) is 38.9 Å². The minimum absolute atomic E-state index is 0.121. The summed E-state index contributed by atoms with van der Waals surface area (Å²) in [5, 5.41) is 28.4. The molecule has 0 aromatic heterocycles. The Hall–Kier alpha value is -2.70. The van der Waals surface area contributed by atoms with Crippen molar-refractivity contribution in [3.05, 3.63) is 35.9 Å². The second-order valence-electron chi connectivity index (χ2n) is 6.33. The summed E-state index contributed by atoms with van der Waals surface area (Å²) in [6.45, 7) is 3.49. The molecule has 0 radical (unpaired) electrons. The van der Waals surface area contributed by atoms with Gasteiger partial charge in [0.05, 0.1) is 24.2 Å². The number of nitrogens with one attached hydrogen (secondary N) is 1. The SMILES string of the molecule is C[C@@H]1O[C@@]2(C)OC3=NC(=N)[C@](C#N)([C@@H]2c2ccccc2)[C@@]31C#N. The Balaban J connectivity index is 2.08. The van der Waals surface area contributed by atoms with Gasteiger partial charge >= 0.3 is 0 Å². The minimum atomic E-state index is -1.41. The smallest absolute Gasteiger partial charge is 0.218 e. The van der Waals surface area contributed by atoms with E-state index in [9.17, 15) is 10.5 Å². The summed E-state index contributed by atoms with van der Waals surface area (Å²) in [5.41, 5.74) is -2.01. The Morgan fingerprint density at radius 3 is 2.43 bits per heavy atom. The third-order valence-electron chi connectivity index (χ3n) is 5.31. The summed E-state index contributed by atoms with van der Waals surface area (Å²) in [4.78, 5) is 4.14. The maximum atomic E-state index is 10.1. The highest BCUT2D eigenvalue weighted by Crippen LogP contribution is 2.68. The van der Waals surface area contributed by atoms with Crippen LogP contribution in [-0.2, 0) is 9.47 Å². The second-order valence-corrected chi connectivity index (χ2v) is 6.33. The van der Waals surface area contributed by atoms with Crippen molar-refractivity contribution in [2.45, 2.75) is 31.7 Å². The van der Waals surface area contributed by atoms with Gasteiger partial charge in [-0.1, -0.05) is 30.3 Å². The van der Waals surface area contributed by atoms with Crippen molar-refractivity contribution in [3.63, 3.8) is 0 Å². The first-order valence-electron chi connectivity index (χ1n) is 7.39. The lowest BCUT2D eigenvalue weighted by atomic mass is 9.50. The van der Waals surface area contributed by atoms with E-state index in [1.165, 1.54) is 0 Å². The Labute approximate surface area is 133 Å². The number of nitriles is 2. The number of benzene rings is 1. The molecule has 5 atom stereocenters. The zero-order valence-corrected chi connectivity index (χ0v) is 12.7. The van der Waals surface area contributed by atoms with Gasteiger partial charge in [0.1, 0.15) is 5.84 Å². The zero-order chi connectivity index (χ0) is 16.5. The quantitative estimate of drug-likeness (QED) is 0.860. The molecule has 1 aromatic rings. The predicted molar refractivity (Wildman–Crippen MR) is 80.5 cm³/mol. The average molecular weight is 306 g/mol. The van der Waals surface area contributed by atoms with Crippen LogP contribution in [0.5, 0.6) is 0 Å². The van der Waals surface area contributed by atoms with Crippen molar-refractivity contribution in [3.8, 4) is 12.1 Å². The molecule has 0 saturated carbocycles. The molecule has 0 aliphatic carbocycles. The zero-order valence-electron chi connectivity index (χ0n) is 12.7. The fourth-order valence-corrected chi connectivity index (χ4v) is 4.40. The molecule has 4 aliphatic rings. The van der Waals surface area contributed by atoms with Crippen molar-refractivity contribution in [2.75, 3.05) is 0 Å². The van der Waals surface area contributed by atoms with E-state index in [0.717, 1.165) is 5.56 Å². The topological polar surface area (TPSA) is 102 Å². The molecular weight excluding hydrogens is 292 g/mol. The number of hydrogen-bond donors (Lipinski definition) is 1. The van der Waals surface area contributed by atoms with Crippen molar-refractivity contribution in [1.82, 2.24) is 0 Å². The molecule has 1 aromatic carbocycles. The molecule has 23 heavy (non-hydrogen) atoms. The van der Waals surface area contributed by atoms with E-state index < -0.39 is 28.6 Å². The van der Waals surface area contributed by atoms with Gasteiger partial charge in [0.25, 0.3) is 0 Å². The fourth-order valence-electron chi connectivity index (χ4n) is 4.40. The maximum Gasteiger partial charge on any atom is 0.218 e. The molecule has 4 heterocycles. The van der Waals surface area contributed by atoms with E-state index in [2.05, 4.69) is 17.1 Å². The van der Waals surface area contributed by atoms with Gasteiger partial charge in [0, 0.05) is 6.92 Å². The van der Waals surface area contributed by atoms with E-state index in [4.69, 9.17) is 14.9 Å². The number of ether oxygens (including phenoxy) is 2. The van der Waals surface area contributed by atoms with Gasteiger partial charge in [0.2, 0.25) is 11.7 Å². The van der Waals surface area contributed by atoms with Crippen LogP contribution < -0.4 is 0 Å². The second kappa shape index (κ2) is 3.98. The Kier molecular flexibility index (Phi) is 2.41. The van der Waals surface area contributed by atoms with Crippen LogP contribution in [0.1, 0.15) is 25.3 Å². The number of nitrogens with zero attached hydrogens (tertiary/aromatic N) is 3. The molecule has 0 spiro atoms. The van der Waals surface area contributed by atoms with Crippen LogP contribution in [0.3, 0.4) is 0 Å². The molecule has 5 rings (SSSR count). The lowest BCUT2D eigenvalue weighted by Crippen LogP contribution is -2.72. The molecule has 4 aliphatic heterocycles. The lowest BCUT2D eigenvalue weighted by molar-refractivity contribution is -0.309. The third-order valence-corrected chi connectivity index (χ3v) is 5.31. The highest BCUT2D eigenvalue weighted by Gasteiger charge is 2.82. The Morgan fingerprint density at radius 1 is 1.17 bits per heavy atom. The van der Waals surface area contributed by atoms with Crippen LogP contribution in [0.2, 0.25) is 0 Å². The van der Waals surface area contributed by atoms with Crippen molar-refractivity contribution in [1.29, 1.82) is 15.9 Å². The number of hydrogen-bond acceptors (Lipinski definition) is 5. The first-order valence-corrected chi connectivity index (χ1v) is 7.39. The van der Waals surface area contributed by atoms with Gasteiger partial charge in [-0.05, 0) is 12.5 Å². The van der Waals surface area contributed by atoms with Gasteiger partial charge in [-0.2, -0.15) is 15.5 Å². The van der Waals surface area contributed by atoms with Crippen molar-refractivity contribution >= 4 is 11.7 Å². The van der Waals surface area contributed by atoms with Crippen LogP contribution in [0.15, 0.2) is 35.3 Å². The number of aliphatic imine (C=N–C) groups is 1. The molecule has 3 saturated heterocycles. The minimum Gasteiger partial charge on any atom is -0.447 e. The van der Waals surface area contributed by atoms with Crippen molar-refractivity contribution in [2.24, 2.45) is 15.8 Å². The maximum absolute atomic E-state index is 10.1. The van der Waals surface area contributed by atoms with Gasteiger partial charge in [-0.25, -0.2) is 0 Å². The van der Waals surface area contributed by atoms with Gasteiger partial charge < -0.3 is 9.47 Å². The monoisotopic (exact) mass is 306 g/mol. The van der Waals surface area contributed by atoms with E-state index in [-0.39, 0.29) is 11.7 Å².